The molecule has 0 spiro atoms. The van der Waals surface area contributed by atoms with E-state index in [2.05, 4.69) is 28.1 Å². The van der Waals surface area contributed by atoms with Crippen molar-refractivity contribution in [2.75, 3.05) is 6.61 Å². The van der Waals surface area contributed by atoms with Gasteiger partial charge in [0.2, 0.25) is 5.91 Å². The number of aromatic nitrogens is 1. The highest BCUT2D eigenvalue weighted by Gasteiger charge is 2.29. The first-order valence-electron chi connectivity index (χ1n) is 8.35. The van der Waals surface area contributed by atoms with E-state index in [1.165, 1.54) is 0 Å². The number of carbonyl (C=O) groups is 1. The van der Waals surface area contributed by atoms with Gasteiger partial charge in [-0.3, -0.25) is 4.79 Å². The molecule has 1 N–H and O–H groups in total. The van der Waals surface area contributed by atoms with Crippen LogP contribution in [-0.4, -0.2) is 23.3 Å². The van der Waals surface area contributed by atoms with Crippen LogP contribution in [0.25, 0.3) is 5.69 Å². The average molecular weight is 325 g/mol. The molecule has 0 atom stereocenters. The number of hydrogen-bond acceptors (Lipinski definition) is 3. The molecule has 1 aromatic heterocycles. The summed E-state index contributed by atoms with van der Waals surface area (Å²) in [6.45, 7) is 6.74. The van der Waals surface area contributed by atoms with Gasteiger partial charge in [0.15, 0.2) is 0 Å². The van der Waals surface area contributed by atoms with Crippen LogP contribution >= 0.6 is 0 Å². The van der Waals surface area contributed by atoms with Gasteiger partial charge in [0.25, 0.3) is 0 Å². The van der Waals surface area contributed by atoms with E-state index in [0.717, 1.165) is 41.2 Å². The van der Waals surface area contributed by atoms with E-state index >= 15 is 0 Å². The minimum atomic E-state index is 0.0200. The molecule has 0 saturated heterocycles. The van der Waals surface area contributed by atoms with E-state index in [1.807, 2.05) is 38.1 Å². The largest absolute Gasteiger partial charge is 0.494 e. The van der Waals surface area contributed by atoms with Gasteiger partial charge in [-0.1, -0.05) is 0 Å². The van der Waals surface area contributed by atoms with E-state index in [1.54, 1.807) is 6.21 Å². The van der Waals surface area contributed by atoms with Crippen LogP contribution in [-0.2, 0) is 4.79 Å². The molecule has 126 valence electrons. The molecule has 0 aliphatic heterocycles. The van der Waals surface area contributed by atoms with Crippen molar-refractivity contribution in [1.29, 1.82) is 0 Å². The predicted molar refractivity (Wildman–Crippen MR) is 94.9 cm³/mol. The van der Waals surface area contributed by atoms with Crippen molar-refractivity contribution in [2.45, 2.75) is 33.6 Å². The van der Waals surface area contributed by atoms with Crippen LogP contribution in [0.3, 0.4) is 0 Å². The van der Waals surface area contributed by atoms with Crippen molar-refractivity contribution in [1.82, 2.24) is 9.99 Å². The molecule has 3 rings (SSSR count). The molecule has 1 saturated carbocycles. The average Bonchev–Trinajstić information content (AvgIpc) is 3.37. The van der Waals surface area contributed by atoms with Crippen molar-refractivity contribution in [3.05, 3.63) is 47.3 Å². The number of hydrogen-bond donors (Lipinski definition) is 1. The molecule has 1 amide bonds. The summed E-state index contributed by atoms with van der Waals surface area (Å²) in [5.41, 5.74) is 6.89. The van der Waals surface area contributed by atoms with Crippen molar-refractivity contribution < 1.29 is 9.53 Å². The SMILES string of the molecule is CCOc1ccc(-n2c(C)cc(/C=N\NC(=O)C3CC3)c2C)cc1. The maximum Gasteiger partial charge on any atom is 0.243 e. The number of amides is 1. The summed E-state index contributed by atoms with van der Waals surface area (Å²) >= 11 is 0. The third-order valence-electron chi connectivity index (χ3n) is 4.20. The minimum absolute atomic E-state index is 0.0200. The zero-order chi connectivity index (χ0) is 17.1. The molecular formula is C19H23N3O2. The fourth-order valence-corrected chi connectivity index (χ4v) is 2.78. The van der Waals surface area contributed by atoms with E-state index < -0.39 is 0 Å². The number of benzene rings is 1. The monoisotopic (exact) mass is 325 g/mol. The molecule has 1 aliphatic rings. The van der Waals surface area contributed by atoms with Crippen molar-refractivity contribution >= 4 is 12.1 Å². The van der Waals surface area contributed by atoms with Gasteiger partial charge in [-0.15, -0.1) is 0 Å². The van der Waals surface area contributed by atoms with Crippen LogP contribution < -0.4 is 10.2 Å². The molecule has 0 radical (unpaired) electrons. The summed E-state index contributed by atoms with van der Waals surface area (Å²) in [6, 6.07) is 10.1. The molecule has 5 heteroatoms. The molecule has 1 aromatic carbocycles. The summed E-state index contributed by atoms with van der Waals surface area (Å²) < 4.78 is 7.66. The second kappa shape index (κ2) is 6.91. The molecule has 1 fully saturated rings. The van der Waals surface area contributed by atoms with Crippen LogP contribution in [0.5, 0.6) is 5.75 Å². The van der Waals surface area contributed by atoms with Gasteiger partial charge in [-0.05, 0) is 63.9 Å². The van der Waals surface area contributed by atoms with Gasteiger partial charge in [0, 0.05) is 28.6 Å². The Morgan fingerprint density at radius 1 is 1.33 bits per heavy atom. The normalized spacial score (nSPS) is 14.1. The smallest absolute Gasteiger partial charge is 0.243 e. The van der Waals surface area contributed by atoms with Crippen LogP contribution in [0.1, 0.15) is 36.7 Å². The summed E-state index contributed by atoms with van der Waals surface area (Å²) in [5.74, 6) is 1.05. The third kappa shape index (κ3) is 3.50. The fourth-order valence-electron chi connectivity index (χ4n) is 2.78. The van der Waals surface area contributed by atoms with Gasteiger partial charge in [0.1, 0.15) is 5.75 Å². The number of nitrogens with one attached hydrogen (secondary N) is 1. The lowest BCUT2D eigenvalue weighted by molar-refractivity contribution is -0.122. The first-order valence-corrected chi connectivity index (χ1v) is 8.35. The Morgan fingerprint density at radius 2 is 2.04 bits per heavy atom. The Labute approximate surface area is 142 Å². The Kier molecular flexibility index (Phi) is 4.69. The van der Waals surface area contributed by atoms with Crippen LogP contribution in [0.15, 0.2) is 35.4 Å². The number of nitrogens with zero attached hydrogens (tertiary/aromatic N) is 2. The van der Waals surface area contributed by atoms with Gasteiger partial charge < -0.3 is 9.30 Å². The first kappa shape index (κ1) is 16.3. The van der Waals surface area contributed by atoms with E-state index in [-0.39, 0.29) is 11.8 Å². The highest BCUT2D eigenvalue weighted by atomic mass is 16.5. The second-order valence-electron chi connectivity index (χ2n) is 6.10. The molecule has 0 unspecified atom stereocenters. The summed E-state index contributed by atoms with van der Waals surface area (Å²) in [6.07, 6.45) is 3.68. The van der Waals surface area contributed by atoms with Gasteiger partial charge in [-0.25, -0.2) is 5.43 Å². The van der Waals surface area contributed by atoms with Gasteiger partial charge in [0.05, 0.1) is 12.8 Å². The standard InChI is InChI=1S/C19H23N3O2/c1-4-24-18-9-7-17(8-10-18)22-13(2)11-16(14(22)3)12-20-21-19(23)15-5-6-15/h7-12,15H,4-6H2,1-3H3,(H,21,23)/b20-12-. The molecule has 1 heterocycles. The summed E-state index contributed by atoms with van der Waals surface area (Å²) in [7, 11) is 0. The van der Waals surface area contributed by atoms with Crippen molar-refractivity contribution in [3.8, 4) is 11.4 Å². The Hall–Kier alpha value is -2.56. The predicted octanol–water partition coefficient (Wildman–Crippen LogP) is 3.35. The number of hydrazone groups is 1. The van der Waals surface area contributed by atoms with Crippen LogP contribution in [0.4, 0.5) is 0 Å². The number of aryl methyl sites for hydroxylation is 1. The molecule has 24 heavy (non-hydrogen) atoms. The second-order valence-corrected chi connectivity index (χ2v) is 6.10. The van der Waals surface area contributed by atoms with Crippen molar-refractivity contribution in [3.63, 3.8) is 0 Å². The highest BCUT2D eigenvalue weighted by Crippen LogP contribution is 2.28. The molecule has 2 aromatic rings. The Balaban J connectivity index is 1.77. The topological polar surface area (TPSA) is 55.6 Å². The van der Waals surface area contributed by atoms with E-state index in [9.17, 15) is 4.79 Å². The third-order valence-corrected chi connectivity index (χ3v) is 4.20. The van der Waals surface area contributed by atoms with Crippen LogP contribution in [0.2, 0.25) is 0 Å². The maximum absolute atomic E-state index is 11.6. The number of carbonyl (C=O) groups excluding carboxylic acids is 1. The Bertz CT molecular complexity index is 756. The number of ether oxygens (including phenoxy) is 1. The maximum atomic E-state index is 11.6. The fraction of sp³-hybridized carbons (Fsp3) is 0.368. The van der Waals surface area contributed by atoms with Gasteiger partial charge >= 0.3 is 0 Å². The van der Waals surface area contributed by atoms with Gasteiger partial charge in [-0.2, -0.15) is 5.10 Å². The highest BCUT2D eigenvalue weighted by molar-refractivity contribution is 5.85. The molecule has 5 nitrogen and oxygen atoms in total. The number of rotatable bonds is 6. The molecular weight excluding hydrogens is 302 g/mol. The lowest BCUT2D eigenvalue weighted by Gasteiger charge is -2.10. The van der Waals surface area contributed by atoms with Crippen LogP contribution in [0, 0.1) is 19.8 Å². The molecule has 1 aliphatic carbocycles. The Morgan fingerprint density at radius 3 is 2.67 bits per heavy atom. The lowest BCUT2D eigenvalue weighted by atomic mass is 10.2. The zero-order valence-electron chi connectivity index (χ0n) is 14.4. The lowest BCUT2D eigenvalue weighted by Crippen LogP contribution is -2.19. The van der Waals surface area contributed by atoms with E-state index in [4.69, 9.17) is 4.74 Å². The minimum Gasteiger partial charge on any atom is -0.494 e. The zero-order valence-corrected chi connectivity index (χ0v) is 14.4. The van der Waals surface area contributed by atoms with Crippen molar-refractivity contribution in [2.24, 2.45) is 11.0 Å². The summed E-state index contributed by atoms with van der Waals surface area (Å²) in [5, 5.41) is 4.09. The molecule has 0 bridgehead atoms. The summed E-state index contributed by atoms with van der Waals surface area (Å²) in [4.78, 5) is 11.6. The first-order chi connectivity index (χ1) is 11.6. The van der Waals surface area contributed by atoms with E-state index in [0.29, 0.717) is 6.61 Å². The quantitative estimate of drug-likeness (QED) is 0.654.